The fourth-order valence-corrected chi connectivity index (χ4v) is 8.92. The van der Waals surface area contributed by atoms with E-state index in [2.05, 4.69) is 16.0 Å². The van der Waals surface area contributed by atoms with Crippen LogP contribution in [0.3, 0.4) is 0 Å². The molecule has 3 N–H and O–H groups in total. The molecule has 0 spiro atoms. The van der Waals surface area contributed by atoms with Gasteiger partial charge < -0.3 is 30.5 Å². The highest BCUT2D eigenvalue weighted by atomic mass is 32.1. The van der Waals surface area contributed by atoms with Crippen LogP contribution in [0.15, 0.2) is 78.2 Å². The standard InChI is InChI=1S/C44H52N8O6S/c1-26(2)37(46-27(3)53)40(55)51-20-10-14-34(51)32-22-30(23-45-32)33-24-50-25-36(59-42(50)48-33)28-16-18-31(19-17-28)47-39(54)35-15-11-21-52(35)41(56)38(29-12-8-7-9-13-29)49-43(57)58-44(4,5)6/h7-9,12-13,16-19,23-26,34-35,37-38H,10-11,14-15,20-22H2,1-6H3,(H,46,53)(H,47,54)(H,49,57)/t34?,35-,37-,38+/m0/s1. The average molecular weight is 821 g/mol. The lowest BCUT2D eigenvalue weighted by molar-refractivity contribution is -0.138. The summed E-state index contributed by atoms with van der Waals surface area (Å²) in [6.07, 6.45) is 8.66. The van der Waals surface area contributed by atoms with Gasteiger partial charge in [-0.25, -0.2) is 9.78 Å². The maximum atomic E-state index is 14.0. The summed E-state index contributed by atoms with van der Waals surface area (Å²) < 4.78 is 7.46. The van der Waals surface area contributed by atoms with Gasteiger partial charge in [0, 0.05) is 62.0 Å². The Bertz CT molecular complexity index is 2260. The van der Waals surface area contributed by atoms with Crippen LogP contribution in [0.1, 0.15) is 90.9 Å². The van der Waals surface area contributed by atoms with Crippen molar-refractivity contribution in [1.82, 2.24) is 29.8 Å². The molecular formula is C44H52N8O6S. The zero-order chi connectivity index (χ0) is 42.0. The van der Waals surface area contributed by atoms with E-state index in [1.165, 1.54) is 6.92 Å². The molecule has 59 heavy (non-hydrogen) atoms. The Morgan fingerprint density at radius 2 is 1.59 bits per heavy atom. The molecule has 14 nitrogen and oxygen atoms in total. The molecule has 0 saturated carbocycles. The van der Waals surface area contributed by atoms with Crippen LogP contribution in [0.25, 0.3) is 21.0 Å². The summed E-state index contributed by atoms with van der Waals surface area (Å²) >= 11 is 1.55. The largest absolute Gasteiger partial charge is 0.444 e. The lowest BCUT2D eigenvalue weighted by Gasteiger charge is -2.31. The molecule has 310 valence electrons. The number of hydrogen-bond acceptors (Lipinski definition) is 9. The monoisotopic (exact) mass is 820 g/mol. The van der Waals surface area contributed by atoms with Gasteiger partial charge in [0.05, 0.1) is 16.6 Å². The van der Waals surface area contributed by atoms with Crippen molar-refractivity contribution in [2.45, 2.75) is 103 Å². The number of nitrogens with zero attached hydrogens (tertiary/aromatic N) is 5. The summed E-state index contributed by atoms with van der Waals surface area (Å²) in [5.74, 6) is -0.967. The van der Waals surface area contributed by atoms with E-state index < -0.39 is 29.8 Å². The molecule has 3 aliphatic rings. The Morgan fingerprint density at radius 1 is 0.881 bits per heavy atom. The van der Waals surface area contributed by atoms with E-state index in [1.54, 1.807) is 61.3 Å². The molecule has 7 rings (SSSR count). The van der Waals surface area contributed by atoms with Crippen molar-refractivity contribution in [2.24, 2.45) is 10.9 Å². The number of aliphatic imine (C=N–C) groups is 1. The molecule has 2 aromatic heterocycles. The van der Waals surface area contributed by atoms with Crippen LogP contribution in [0.2, 0.25) is 0 Å². The van der Waals surface area contributed by atoms with Crippen LogP contribution in [-0.4, -0.2) is 91.4 Å². The van der Waals surface area contributed by atoms with Crippen molar-refractivity contribution in [3.63, 3.8) is 0 Å². The van der Waals surface area contributed by atoms with Crippen molar-refractivity contribution < 1.29 is 28.7 Å². The first-order valence-corrected chi connectivity index (χ1v) is 21.0. The Balaban J connectivity index is 0.967. The third-order valence-corrected chi connectivity index (χ3v) is 11.8. The number of carbonyl (C=O) groups excluding carboxylic acids is 5. The number of amides is 5. The first kappa shape index (κ1) is 41.3. The molecule has 5 heterocycles. The number of nitrogens with one attached hydrogen (secondary N) is 3. The molecule has 4 aromatic rings. The predicted octanol–water partition coefficient (Wildman–Crippen LogP) is 6.60. The number of hydrogen-bond donors (Lipinski definition) is 3. The second-order valence-electron chi connectivity index (χ2n) is 16.7. The number of alkyl carbamates (subject to hydrolysis) is 1. The SMILES string of the molecule is CC(=O)N[C@H](C(=O)N1CCCC1C1=NC=C(c2cn3cc(-c4ccc(NC(=O)[C@@H]5CCCN5C(=O)[C@H](NC(=O)OC(C)(C)C)c5ccccc5)cc4)sc3n2)C1)C(C)C. The van der Waals surface area contributed by atoms with Crippen LogP contribution in [0.5, 0.6) is 0 Å². The molecule has 2 fully saturated rings. The zero-order valence-corrected chi connectivity index (χ0v) is 35.2. The lowest BCUT2D eigenvalue weighted by Crippen LogP contribution is -2.53. The molecule has 5 amide bonds. The Hall–Kier alpha value is -5.83. The second kappa shape index (κ2) is 17.2. The molecule has 1 unspecified atom stereocenters. The normalized spacial score (nSPS) is 19.0. The van der Waals surface area contributed by atoms with E-state index >= 15 is 0 Å². The van der Waals surface area contributed by atoms with Crippen LogP contribution in [0.4, 0.5) is 10.5 Å². The fraction of sp³-hybridized carbons (Fsp3) is 0.432. The minimum Gasteiger partial charge on any atom is -0.444 e. The molecule has 4 atom stereocenters. The van der Waals surface area contributed by atoms with Crippen molar-refractivity contribution >= 4 is 63.0 Å². The molecule has 0 aliphatic carbocycles. The van der Waals surface area contributed by atoms with Crippen molar-refractivity contribution in [2.75, 3.05) is 18.4 Å². The highest BCUT2D eigenvalue weighted by Crippen LogP contribution is 2.34. The predicted molar refractivity (Wildman–Crippen MR) is 228 cm³/mol. The number of rotatable bonds is 11. The number of benzene rings is 2. The smallest absolute Gasteiger partial charge is 0.408 e. The summed E-state index contributed by atoms with van der Waals surface area (Å²) in [5, 5.41) is 8.56. The third-order valence-electron chi connectivity index (χ3n) is 10.8. The molecule has 15 heteroatoms. The number of aromatic nitrogens is 2. The van der Waals surface area contributed by atoms with Gasteiger partial charge in [0.2, 0.25) is 17.7 Å². The highest BCUT2D eigenvalue weighted by Gasteiger charge is 2.40. The quantitative estimate of drug-likeness (QED) is 0.153. The van der Waals surface area contributed by atoms with E-state index in [1.807, 2.05) is 72.1 Å². The minimum atomic E-state index is -1.01. The molecule has 3 aliphatic heterocycles. The third kappa shape index (κ3) is 9.40. The first-order chi connectivity index (χ1) is 28.1. The number of likely N-dealkylation sites (tertiary alicyclic amines) is 2. The van der Waals surface area contributed by atoms with Gasteiger partial charge in [-0.1, -0.05) is 67.6 Å². The highest BCUT2D eigenvalue weighted by molar-refractivity contribution is 7.20. The van der Waals surface area contributed by atoms with Gasteiger partial charge in [0.15, 0.2) is 4.96 Å². The maximum Gasteiger partial charge on any atom is 0.408 e. The summed E-state index contributed by atoms with van der Waals surface area (Å²) in [4.78, 5) is 80.7. The second-order valence-corrected chi connectivity index (χ2v) is 17.7. The summed E-state index contributed by atoms with van der Waals surface area (Å²) in [6.45, 7) is 11.6. The number of ether oxygens (including phenoxy) is 1. The maximum absolute atomic E-state index is 14.0. The van der Waals surface area contributed by atoms with E-state index in [-0.39, 0.29) is 35.6 Å². The van der Waals surface area contributed by atoms with Crippen LogP contribution in [0, 0.1) is 5.92 Å². The molecular weight excluding hydrogens is 769 g/mol. The summed E-state index contributed by atoms with van der Waals surface area (Å²) in [6, 6.07) is 14.2. The van der Waals surface area contributed by atoms with Crippen LogP contribution in [-0.2, 0) is 23.9 Å². The number of carbonyl (C=O) groups is 5. The van der Waals surface area contributed by atoms with Gasteiger partial charge in [-0.15, -0.1) is 0 Å². The Kier molecular flexibility index (Phi) is 12.0. The van der Waals surface area contributed by atoms with Crippen LogP contribution < -0.4 is 16.0 Å². The van der Waals surface area contributed by atoms with E-state index in [9.17, 15) is 24.0 Å². The number of fused-ring (bicyclic) bond motifs is 1. The number of allylic oxidation sites excluding steroid dienone is 1. The molecule has 0 radical (unpaired) electrons. The topological polar surface area (TPSA) is 167 Å². The van der Waals surface area contributed by atoms with Crippen LogP contribution >= 0.6 is 11.3 Å². The Labute approximate surface area is 348 Å². The number of thiazole rings is 1. The van der Waals surface area contributed by atoms with Gasteiger partial charge >= 0.3 is 6.09 Å². The van der Waals surface area contributed by atoms with Crippen molar-refractivity contribution in [1.29, 1.82) is 0 Å². The molecule has 2 aromatic carbocycles. The van der Waals surface area contributed by atoms with E-state index in [0.717, 1.165) is 45.2 Å². The van der Waals surface area contributed by atoms with Crippen molar-refractivity contribution in [3.05, 3.63) is 84.4 Å². The number of anilines is 1. The van der Waals surface area contributed by atoms with Gasteiger partial charge in [-0.3, -0.25) is 28.6 Å². The fourth-order valence-electron chi connectivity index (χ4n) is 7.95. The number of imidazole rings is 1. The van der Waals surface area contributed by atoms with Gasteiger partial charge in [0.25, 0.3) is 5.91 Å². The van der Waals surface area contributed by atoms with Gasteiger partial charge in [0.1, 0.15) is 23.7 Å². The Morgan fingerprint density at radius 3 is 2.27 bits per heavy atom. The van der Waals surface area contributed by atoms with E-state index in [0.29, 0.717) is 43.6 Å². The first-order valence-electron chi connectivity index (χ1n) is 20.2. The van der Waals surface area contributed by atoms with Crippen molar-refractivity contribution in [3.8, 4) is 10.4 Å². The average Bonchev–Trinajstić information content (AvgIpc) is 4.03. The summed E-state index contributed by atoms with van der Waals surface area (Å²) in [5.41, 5.74) is 4.20. The van der Waals surface area contributed by atoms with Gasteiger partial charge in [-0.2, -0.15) is 0 Å². The minimum absolute atomic E-state index is 0.0295. The lowest BCUT2D eigenvalue weighted by atomic mass is 9.99. The molecule has 0 bridgehead atoms. The zero-order valence-electron chi connectivity index (χ0n) is 34.4. The van der Waals surface area contributed by atoms with Gasteiger partial charge in [-0.05, 0) is 75.6 Å². The van der Waals surface area contributed by atoms with E-state index in [4.69, 9.17) is 14.7 Å². The summed E-state index contributed by atoms with van der Waals surface area (Å²) in [7, 11) is 0. The molecule has 2 saturated heterocycles.